The number of carbonyl (C=O) groups is 4. The van der Waals surface area contributed by atoms with E-state index in [1.54, 1.807) is 0 Å². The van der Waals surface area contributed by atoms with Crippen LogP contribution in [-0.2, 0) is 33.2 Å². The molecule has 2 aromatic heterocycles. The van der Waals surface area contributed by atoms with Crippen molar-refractivity contribution in [2.75, 3.05) is 6.54 Å². The lowest BCUT2D eigenvalue weighted by molar-refractivity contribution is -0.158. The number of ether oxygens (including phenoxy) is 1. The molecule has 0 aliphatic carbocycles. The van der Waals surface area contributed by atoms with Gasteiger partial charge in [0.2, 0.25) is 11.8 Å². The van der Waals surface area contributed by atoms with Gasteiger partial charge < -0.3 is 20.5 Å². The van der Waals surface area contributed by atoms with E-state index >= 15 is 0 Å². The Morgan fingerprint density at radius 3 is 2.45 bits per heavy atom. The number of fused-ring (bicyclic) bond motifs is 1. The van der Waals surface area contributed by atoms with Gasteiger partial charge in [0, 0.05) is 48.1 Å². The molecule has 18 heteroatoms. The SMILES string of the molecule is NC(=O)C1c2ccc(Cl)cc2CC(Oc2csc(C(F)(F)F)c2)N1C(=O)[C@@H]1CCCN(C(=O)c2ncccc2C(F)(F)F)[C@@H]1CCC(=O)O. The molecule has 5 rings (SSSR count). The van der Waals surface area contributed by atoms with Gasteiger partial charge in [-0.2, -0.15) is 26.3 Å². The summed E-state index contributed by atoms with van der Waals surface area (Å²) in [6.07, 6.45) is -11.1. The number of aromatic nitrogens is 1. The third-order valence-electron chi connectivity index (χ3n) is 8.36. The predicted octanol–water partition coefficient (Wildman–Crippen LogP) is 5.94. The number of likely N-dealkylation sites (tertiary alicyclic amines) is 1. The zero-order valence-corrected chi connectivity index (χ0v) is 26.7. The number of hydrogen-bond acceptors (Lipinski definition) is 7. The van der Waals surface area contributed by atoms with Crippen molar-refractivity contribution in [1.29, 1.82) is 0 Å². The minimum atomic E-state index is -4.96. The lowest BCUT2D eigenvalue weighted by Crippen LogP contribution is -2.59. The van der Waals surface area contributed by atoms with E-state index in [2.05, 4.69) is 4.98 Å². The normalized spacial score (nSPS) is 21.2. The number of thiophene rings is 1. The Morgan fingerprint density at radius 2 is 1.82 bits per heavy atom. The molecule has 4 atom stereocenters. The lowest BCUT2D eigenvalue weighted by atomic mass is 9.82. The molecule has 262 valence electrons. The second kappa shape index (κ2) is 13.9. The van der Waals surface area contributed by atoms with E-state index in [1.807, 2.05) is 0 Å². The summed E-state index contributed by atoms with van der Waals surface area (Å²) in [5, 5.41) is 10.8. The van der Waals surface area contributed by atoms with Crippen LogP contribution < -0.4 is 10.5 Å². The number of rotatable bonds is 8. The van der Waals surface area contributed by atoms with E-state index in [4.69, 9.17) is 22.1 Å². The van der Waals surface area contributed by atoms with Crippen molar-refractivity contribution in [2.45, 2.75) is 62.8 Å². The molecular weight excluding hydrogens is 706 g/mol. The van der Waals surface area contributed by atoms with Crippen molar-refractivity contribution in [3.8, 4) is 5.75 Å². The first-order valence-electron chi connectivity index (χ1n) is 14.7. The zero-order chi connectivity index (χ0) is 35.8. The van der Waals surface area contributed by atoms with Crippen LogP contribution in [0.15, 0.2) is 48.0 Å². The molecule has 0 spiro atoms. The largest absolute Gasteiger partial charge is 0.481 e. The van der Waals surface area contributed by atoms with Gasteiger partial charge in [-0.3, -0.25) is 29.1 Å². The summed E-state index contributed by atoms with van der Waals surface area (Å²) in [4.78, 5) is 57.7. The van der Waals surface area contributed by atoms with Gasteiger partial charge in [0.25, 0.3) is 5.91 Å². The fraction of sp³-hybridized carbons (Fsp3) is 0.387. The maximum absolute atomic E-state index is 14.6. The maximum atomic E-state index is 14.6. The Kier molecular flexibility index (Phi) is 10.2. The Morgan fingerprint density at radius 1 is 1.08 bits per heavy atom. The fourth-order valence-corrected chi connectivity index (χ4v) is 7.20. The van der Waals surface area contributed by atoms with Gasteiger partial charge in [0.05, 0.1) is 11.5 Å². The van der Waals surface area contributed by atoms with Gasteiger partial charge in [-0.15, -0.1) is 11.3 Å². The molecule has 49 heavy (non-hydrogen) atoms. The van der Waals surface area contributed by atoms with Gasteiger partial charge in [-0.05, 0) is 54.7 Å². The zero-order valence-electron chi connectivity index (χ0n) is 25.1. The van der Waals surface area contributed by atoms with Gasteiger partial charge in [-0.1, -0.05) is 17.7 Å². The molecule has 3 aromatic rings. The van der Waals surface area contributed by atoms with Crippen LogP contribution in [0.25, 0.3) is 0 Å². The number of primary amides is 1. The van der Waals surface area contributed by atoms with E-state index in [-0.39, 0.29) is 48.6 Å². The molecule has 0 saturated carbocycles. The lowest BCUT2D eigenvalue weighted by Gasteiger charge is -2.46. The van der Waals surface area contributed by atoms with E-state index < -0.39 is 82.8 Å². The number of alkyl halides is 6. The van der Waals surface area contributed by atoms with Crippen LogP contribution in [0.4, 0.5) is 26.3 Å². The first kappa shape index (κ1) is 35.9. The number of hydrogen-bond donors (Lipinski definition) is 2. The Labute approximate surface area is 283 Å². The van der Waals surface area contributed by atoms with Crippen LogP contribution in [-0.4, -0.2) is 62.4 Å². The second-order valence-electron chi connectivity index (χ2n) is 11.5. The number of pyridine rings is 1. The van der Waals surface area contributed by atoms with Crippen molar-refractivity contribution < 1.29 is 55.4 Å². The van der Waals surface area contributed by atoms with Crippen LogP contribution in [0.1, 0.15) is 63.8 Å². The number of nitrogens with zero attached hydrogens (tertiary/aromatic N) is 3. The fourth-order valence-electron chi connectivity index (χ4n) is 6.32. The van der Waals surface area contributed by atoms with Crippen LogP contribution >= 0.6 is 22.9 Å². The standard InChI is InChI=1S/C31H27ClF6N4O6S/c32-16-5-6-18-15(11-16)12-23(48-17-13-22(49-14-17)31(36,37)38)42(26(18)27(39)45)28(46)19-3-2-10-41(21(19)7-8-24(43)44)29(47)25-20(30(33,34)35)4-1-9-40-25/h1,4-6,9,11,13-14,19,21,23,26H,2-3,7-8,10,12H2,(H2,39,45)(H,43,44)/t19-,21-,23?,26?/m1/s1. The molecule has 0 radical (unpaired) electrons. The molecule has 2 aliphatic heterocycles. The monoisotopic (exact) mass is 732 g/mol. The topological polar surface area (TPSA) is 143 Å². The molecule has 2 unspecified atom stereocenters. The van der Waals surface area contributed by atoms with Crippen molar-refractivity contribution in [3.63, 3.8) is 0 Å². The minimum absolute atomic E-state index is 0.0140. The Balaban J connectivity index is 1.58. The molecule has 1 fully saturated rings. The van der Waals surface area contributed by atoms with Crippen LogP contribution in [0, 0.1) is 5.92 Å². The van der Waals surface area contributed by atoms with Gasteiger partial charge in [0.1, 0.15) is 22.4 Å². The minimum Gasteiger partial charge on any atom is -0.481 e. The van der Waals surface area contributed by atoms with Crippen molar-refractivity contribution >= 4 is 46.6 Å². The van der Waals surface area contributed by atoms with E-state index in [0.29, 0.717) is 23.0 Å². The highest BCUT2D eigenvalue weighted by Crippen LogP contribution is 2.42. The van der Waals surface area contributed by atoms with Crippen molar-refractivity contribution in [1.82, 2.24) is 14.8 Å². The summed E-state index contributed by atoms with van der Waals surface area (Å²) in [7, 11) is 0. The summed E-state index contributed by atoms with van der Waals surface area (Å²) >= 11 is 6.52. The summed E-state index contributed by atoms with van der Waals surface area (Å²) in [5.41, 5.74) is 4.20. The number of amides is 3. The van der Waals surface area contributed by atoms with Crippen LogP contribution in [0.3, 0.4) is 0 Å². The molecule has 3 N–H and O–H groups in total. The molecule has 2 aliphatic rings. The second-order valence-corrected chi connectivity index (χ2v) is 12.8. The third kappa shape index (κ3) is 7.61. The number of carbonyl (C=O) groups excluding carboxylic acids is 3. The van der Waals surface area contributed by atoms with Gasteiger partial charge >= 0.3 is 18.3 Å². The average Bonchev–Trinajstić information content (AvgIpc) is 3.51. The smallest absolute Gasteiger partial charge is 0.425 e. The number of piperidine rings is 1. The molecule has 10 nitrogen and oxygen atoms in total. The first-order valence-corrected chi connectivity index (χ1v) is 16.0. The molecule has 3 amide bonds. The summed E-state index contributed by atoms with van der Waals surface area (Å²) in [6.45, 7) is -0.142. The predicted molar refractivity (Wildman–Crippen MR) is 161 cm³/mol. The molecule has 1 saturated heterocycles. The van der Waals surface area contributed by atoms with E-state index in [1.165, 1.54) is 18.2 Å². The highest BCUT2D eigenvalue weighted by atomic mass is 35.5. The Hall–Kier alpha value is -4.38. The molecule has 4 heterocycles. The number of benzene rings is 1. The highest BCUT2D eigenvalue weighted by Gasteiger charge is 2.49. The number of halogens is 7. The number of carboxylic acid groups (broad SMARTS) is 1. The van der Waals surface area contributed by atoms with E-state index in [0.717, 1.165) is 33.5 Å². The molecular formula is C31H27ClF6N4O6S. The first-order chi connectivity index (χ1) is 23.0. The number of carboxylic acids is 1. The summed E-state index contributed by atoms with van der Waals surface area (Å²) in [5.74, 6) is -5.96. The maximum Gasteiger partial charge on any atom is 0.425 e. The number of aliphatic carboxylic acids is 1. The number of nitrogens with two attached hydrogens (primary N) is 1. The molecule has 0 bridgehead atoms. The van der Waals surface area contributed by atoms with Crippen LogP contribution in [0.2, 0.25) is 5.02 Å². The average molecular weight is 733 g/mol. The summed E-state index contributed by atoms with van der Waals surface area (Å²) < 4.78 is 87.7. The highest BCUT2D eigenvalue weighted by molar-refractivity contribution is 7.10. The van der Waals surface area contributed by atoms with Gasteiger partial charge in [-0.25, -0.2) is 0 Å². The van der Waals surface area contributed by atoms with E-state index in [9.17, 15) is 50.6 Å². The Bertz CT molecular complexity index is 1770. The molecule has 1 aromatic carbocycles. The quantitative estimate of drug-likeness (QED) is 0.273. The van der Waals surface area contributed by atoms with Crippen LogP contribution in [0.5, 0.6) is 5.75 Å². The summed E-state index contributed by atoms with van der Waals surface area (Å²) in [6, 6.07) is 3.95. The van der Waals surface area contributed by atoms with Gasteiger partial charge in [0.15, 0.2) is 6.23 Å². The third-order valence-corrected chi connectivity index (χ3v) is 9.55. The van der Waals surface area contributed by atoms with Crippen molar-refractivity contribution in [2.24, 2.45) is 11.7 Å². The van der Waals surface area contributed by atoms with Crippen molar-refractivity contribution in [3.05, 3.63) is 80.3 Å².